The minimum Gasteiger partial charge on any atom is -0.465 e. The van der Waals surface area contributed by atoms with Gasteiger partial charge in [0.05, 0.1) is 18.9 Å². The number of hydrogen-bond donors (Lipinski definition) is 2. The highest BCUT2D eigenvalue weighted by atomic mass is 16.5. The van der Waals surface area contributed by atoms with Crippen molar-refractivity contribution in [2.75, 3.05) is 17.7 Å². The maximum absolute atomic E-state index is 11.5. The summed E-state index contributed by atoms with van der Waals surface area (Å²) in [5.74, 6) is 0.946. The Kier molecular flexibility index (Phi) is 5.84. The minimum atomic E-state index is -0.374. The molecule has 28 heavy (non-hydrogen) atoms. The Bertz CT molecular complexity index is 971. The molecule has 0 aliphatic heterocycles. The zero-order valence-electron chi connectivity index (χ0n) is 16.4. The van der Waals surface area contributed by atoms with Crippen molar-refractivity contribution in [3.8, 4) is 0 Å². The SMILES string of the molecule is COC(=O)c1ccc(Nc2cnnc(Nc3c(C)cccc3C(C)C)n2)cc1. The lowest BCUT2D eigenvalue weighted by Gasteiger charge is -2.16. The first kappa shape index (κ1) is 19.3. The van der Waals surface area contributed by atoms with Crippen molar-refractivity contribution in [2.45, 2.75) is 26.7 Å². The van der Waals surface area contributed by atoms with Gasteiger partial charge < -0.3 is 15.4 Å². The Morgan fingerprint density at radius 2 is 1.82 bits per heavy atom. The lowest BCUT2D eigenvalue weighted by molar-refractivity contribution is 0.0601. The third kappa shape index (κ3) is 4.43. The molecule has 0 radical (unpaired) electrons. The number of hydrogen-bond acceptors (Lipinski definition) is 7. The van der Waals surface area contributed by atoms with Crippen LogP contribution in [0.2, 0.25) is 0 Å². The molecule has 144 valence electrons. The van der Waals surface area contributed by atoms with E-state index in [0.717, 1.165) is 16.9 Å². The number of aromatic nitrogens is 3. The Balaban J connectivity index is 1.79. The van der Waals surface area contributed by atoms with Gasteiger partial charge in [0.25, 0.3) is 0 Å². The van der Waals surface area contributed by atoms with Crippen LogP contribution in [0.25, 0.3) is 0 Å². The quantitative estimate of drug-likeness (QED) is 0.608. The fourth-order valence-electron chi connectivity index (χ4n) is 2.83. The standard InChI is InChI=1S/C21H23N5O2/c1-13(2)17-7-5-6-14(3)19(17)25-21-24-18(12-22-26-21)23-16-10-8-15(9-11-16)20(27)28-4/h5-13H,1-4H3,(H2,23,24,25,26). The number of para-hydroxylation sites is 1. The molecule has 0 atom stereocenters. The fraction of sp³-hybridized carbons (Fsp3) is 0.238. The second-order valence-electron chi connectivity index (χ2n) is 6.68. The number of aryl methyl sites for hydroxylation is 1. The normalized spacial score (nSPS) is 10.6. The molecule has 1 aromatic heterocycles. The number of rotatable bonds is 6. The van der Waals surface area contributed by atoms with Crippen LogP contribution in [0.5, 0.6) is 0 Å². The van der Waals surface area contributed by atoms with E-state index in [4.69, 9.17) is 4.74 Å². The number of benzene rings is 2. The molecule has 2 N–H and O–H groups in total. The molecule has 0 amide bonds. The van der Waals surface area contributed by atoms with Crippen molar-refractivity contribution in [1.29, 1.82) is 0 Å². The van der Waals surface area contributed by atoms with E-state index >= 15 is 0 Å². The monoisotopic (exact) mass is 377 g/mol. The zero-order valence-corrected chi connectivity index (χ0v) is 16.4. The van der Waals surface area contributed by atoms with Crippen LogP contribution in [-0.4, -0.2) is 28.3 Å². The maximum Gasteiger partial charge on any atom is 0.337 e. The fourth-order valence-corrected chi connectivity index (χ4v) is 2.83. The molecule has 0 fully saturated rings. The van der Waals surface area contributed by atoms with Crippen molar-refractivity contribution in [3.63, 3.8) is 0 Å². The van der Waals surface area contributed by atoms with Crippen molar-refractivity contribution >= 4 is 29.1 Å². The summed E-state index contributed by atoms with van der Waals surface area (Å²) < 4.78 is 4.70. The average molecular weight is 377 g/mol. The number of esters is 1. The number of carbonyl (C=O) groups excluding carboxylic acids is 1. The molecule has 7 nitrogen and oxygen atoms in total. The van der Waals surface area contributed by atoms with Gasteiger partial charge in [-0.15, -0.1) is 5.10 Å². The number of methoxy groups -OCH3 is 1. The summed E-state index contributed by atoms with van der Waals surface area (Å²) in [5, 5.41) is 14.6. The summed E-state index contributed by atoms with van der Waals surface area (Å²) in [5.41, 5.74) is 4.57. The molecular formula is C21H23N5O2. The van der Waals surface area contributed by atoms with Crippen molar-refractivity contribution < 1.29 is 9.53 Å². The highest BCUT2D eigenvalue weighted by molar-refractivity contribution is 5.89. The zero-order chi connectivity index (χ0) is 20.1. The average Bonchev–Trinajstić information content (AvgIpc) is 2.69. The summed E-state index contributed by atoms with van der Waals surface area (Å²) in [6, 6.07) is 13.1. The first-order valence-corrected chi connectivity index (χ1v) is 8.99. The lowest BCUT2D eigenvalue weighted by Crippen LogP contribution is -2.06. The van der Waals surface area contributed by atoms with Crippen LogP contribution in [0.3, 0.4) is 0 Å². The first-order valence-electron chi connectivity index (χ1n) is 8.99. The predicted octanol–water partition coefficient (Wildman–Crippen LogP) is 4.58. The Morgan fingerprint density at radius 1 is 1.07 bits per heavy atom. The van der Waals surface area contributed by atoms with Crippen molar-refractivity contribution in [2.24, 2.45) is 0 Å². The topological polar surface area (TPSA) is 89.0 Å². The highest BCUT2D eigenvalue weighted by Crippen LogP contribution is 2.29. The number of anilines is 4. The van der Waals surface area contributed by atoms with Gasteiger partial charge in [-0.3, -0.25) is 0 Å². The molecule has 0 bridgehead atoms. The van der Waals surface area contributed by atoms with Gasteiger partial charge in [-0.05, 0) is 48.2 Å². The minimum absolute atomic E-state index is 0.366. The molecule has 0 unspecified atom stereocenters. The van der Waals surface area contributed by atoms with Crippen LogP contribution < -0.4 is 10.6 Å². The Hall–Kier alpha value is -3.48. The molecule has 3 aromatic rings. The summed E-state index contributed by atoms with van der Waals surface area (Å²) in [6.45, 7) is 6.34. The number of ether oxygens (including phenoxy) is 1. The number of nitrogens with zero attached hydrogens (tertiary/aromatic N) is 3. The van der Waals surface area contributed by atoms with Gasteiger partial charge in [-0.25, -0.2) is 4.79 Å². The summed E-state index contributed by atoms with van der Waals surface area (Å²) in [4.78, 5) is 16.0. The third-order valence-corrected chi connectivity index (χ3v) is 4.30. The molecule has 7 heteroatoms. The molecular weight excluding hydrogens is 354 g/mol. The van der Waals surface area contributed by atoms with Gasteiger partial charge >= 0.3 is 5.97 Å². The summed E-state index contributed by atoms with van der Waals surface area (Å²) in [6.07, 6.45) is 1.54. The van der Waals surface area contributed by atoms with Crippen molar-refractivity contribution in [1.82, 2.24) is 15.2 Å². The molecule has 0 saturated carbocycles. The maximum atomic E-state index is 11.5. The van der Waals surface area contributed by atoms with Gasteiger partial charge in [-0.1, -0.05) is 32.0 Å². The van der Waals surface area contributed by atoms with Crippen LogP contribution in [0.1, 0.15) is 41.3 Å². The molecule has 0 saturated heterocycles. The second kappa shape index (κ2) is 8.47. The van der Waals surface area contributed by atoms with Crippen LogP contribution in [0.15, 0.2) is 48.7 Å². The summed E-state index contributed by atoms with van der Waals surface area (Å²) in [7, 11) is 1.36. The lowest BCUT2D eigenvalue weighted by atomic mass is 9.98. The third-order valence-electron chi connectivity index (χ3n) is 4.30. The van der Waals surface area contributed by atoms with Crippen LogP contribution in [0.4, 0.5) is 23.1 Å². The van der Waals surface area contributed by atoms with E-state index in [1.807, 2.05) is 19.1 Å². The molecule has 2 aromatic carbocycles. The highest BCUT2D eigenvalue weighted by Gasteiger charge is 2.11. The van der Waals surface area contributed by atoms with Crippen molar-refractivity contribution in [3.05, 3.63) is 65.4 Å². The summed E-state index contributed by atoms with van der Waals surface area (Å²) >= 11 is 0. The molecule has 0 spiro atoms. The van der Waals surface area contributed by atoms with E-state index < -0.39 is 0 Å². The van der Waals surface area contributed by atoms with E-state index in [2.05, 4.69) is 45.7 Å². The number of nitrogens with one attached hydrogen (secondary N) is 2. The largest absolute Gasteiger partial charge is 0.465 e. The second-order valence-corrected chi connectivity index (χ2v) is 6.68. The van der Waals surface area contributed by atoms with Crippen LogP contribution >= 0.6 is 0 Å². The Labute approximate surface area is 164 Å². The van der Waals surface area contributed by atoms with Crippen LogP contribution in [-0.2, 0) is 4.74 Å². The van der Waals surface area contributed by atoms with Gasteiger partial charge in [0.15, 0.2) is 5.82 Å². The van der Waals surface area contributed by atoms with E-state index in [0.29, 0.717) is 23.2 Å². The number of carbonyl (C=O) groups is 1. The first-order chi connectivity index (χ1) is 13.5. The molecule has 1 heterocycles. The van der Waals surface area contributed by atoms with Crippen LogP contribution in [0, 0.1) is 6.92 Å². The molecule has 3 rings (SSSR count). The Morgan fingerprint density at radius 3 is 2.50 bits per heavy atom. The van der Waals surface area contributed by atoms with Gasteiger partial charge in [-0.2, -0.15) is 10.1 Å². The smallest absolute Gasteiger partial charge is 0.337 e. The van der Waals surface area contributed by atoms with E-state index in [1.54, 1.807) is 30.5 Å². The van der Waals surface area contributed by atoms with E-state index in [-0.39, 0.29) is 5.97 Å². The molecule has 0 aliphatic rings. The van der Waals surface area contributed by atoms with Gasteiger partial charge in [0.2, 0.25) is 5.95 Å². The van der Waals surface area contributed by atoms with Gasteiger partial charge in [0, 0.05) is 11.4 Å². The van der Waals surface area contributed by atoms with Gasteiger partial charge in [0.1, 0.15) is 0 Å². The van der Waals surface area contributed by atoms with E-state index in [1.165, 1.54) is 12.7 Å². The molecule has 0 aliphatic carbocycles. The predicted molar refractivity (Wildman–Crippen MR) is 109 cm³/mol. The van der Waals surface area contributed by atoms with E-state index in [9.17, 15) is 4.79 Å².